The smallest absolute Gasteiger partial charge is 0.00190 e. The van der Waals surface area contributed by atoms with Crippen molar-refractivity contribution >= 4 is 0 Å². The third kappa shape index (κ3) is 2.87. The fraction of sp³-hybridized carbons (Fsp3) is 0.333. The molecule has 0 aliphatic heterocycles. The van der Waals surface area contributed by atoms with Crippen molar-refractivity contribution in [2.45, 2.75) is 33.1 Å². The number of rotatable bonds is 3. The molecule has 0 aliphatic carbocycles. The highest BCUT2D eigenvalue weighted by Crippen LogP contribution is 2.28. The molecule has 1 heteroatoms. The molecule has 0 fully saturated rings. The summed E-state index contributed by atoms with van der Waals surface area (Å²) in [7, 11) is 0. The summed E-state index contributed by atoms with van der Waals surface area (Å²) in [6, 6.07) is 15.4. The molecule has 19 heavy (non-hydrogen) atoms. The highest BCUT2D eigenvalue weighted by molar-refractivity contribution is 5.67. The fourth-order valence-corrected chi connectivity index (χ4v) is 2.36. The molecule has 1 nitrogen and oxygen atoms in total. The maximum absolute atomic E-state index is 5.83. The second-order valence-electron chi connectivity index (χ2n) is 5.98. The lowest BCUT2D eigenvalue weighted by atomic mass is 9.84. The van der Waals surface area contributed by atoms with E-state index in [1.54, 1.807) is 0 Å². The van der Waals surface area contributed by atoms with Crippen molar-refractivity contribution in [3.05, 3.63) is 59.2 Å². The second kappa shape index (κ2) is 5.18. The summed E-state index contributed by atoms with van der Waals surface area (Å²) in [5.41, 5.74) is 12.4. The van der Waals surface area contributed by atoms with Crippen LogP contribution in [-0.2, 0) is 5.41 Å². The zero-order valence-corrected chi connectivity index (χ0v) is 12.3. The normalized spacial score (nSPS) is 11.6. The van der Waals surface area contributed by atoms with E-state index in [2.05, 4.69) is 70.2 Å². The van der Waals surface area contributed by atoms with E-state index in [9.17, 15) is 0 Å². The van der Waals surface area contributed by atoms with Crippen molar-refractivity contribution in [2.24, 2.45) is 5.73 Å². The zero-order chi connectivity index (χ0) is 14.0. The highest BCUT2D eigenvalue weighted by Gasteiger charge is 2.18. The summed E-state index contributed by atoms with van der Waals surface area (Å²) < 4.78 is 0. The van der Waals surface area contributed by atoms with Crippen molar-refractivity contribution in [3.8, 4) is 11.1 Å². The van der Waals surface area contributed by atoms with Gasteiger partial charge in [-0.2, -0.15) is 0 Å². The third-order valence-corrected chi connectivity index (χ3v) is 3.87. The van der Waals surface area contributed by atoms with Crippen LogP contribution in [0.1, 0.15) is 30.5 Å². The van der Waals surface area contributed by atoms with Crippen LogP contribution in [-0.4, -0.2) is 6.54 Å². The Morgan fingerprint density at radius 1 is 0.947 bits per heavy atom. The quantitative estimate of drug-likeness (QED) is 0.871. The monoisotopic (exact) mass is 253 g/mol. The van der Waals surface area contributed by atoms with E-state index in [0.717, 1.165) is 0 Å². The minimum atomic E-state index is 0.0425. The van der Waals surface area contributed by atoms with Crippen LogP contribution in [0.15, 0.2) is 42.5 Å². The summed E-state index contributed by atoms with van der Waals surface area (Å²) in [4.78, 5) is 0. The van der Waals surface area contributed by atoms with Crippen LogP contribution in [0.4, 0.5) is 0 Å². The SMILES string of the molecule is Cc1ccc(-c2ccc(C(C)(C)CN)cc2)c(C)c1. The van der Waals surface area contributed by atoms with E-state index in [-0.39, 0.29) is 5.41 Å². The predicted molar refractivity (Wildman–Crippen MR) is 83.4 cm³/mol. The van der Waals surface area contributed by atoms with Crippen LogP contribution in [0.2, 0.25) is 0 Å². The fourth-order valence-electron chi connectivity index (χ4n) is 2.36. The van der Waals surface area contributed by atoms with E-state index in [0.29, 0.717) is 6.54 Å². The Bertz CT molecular complexity index is 565. The number of hydrogen-bond acceptors (Lipinski definition) is 1. The summed E-state index contributed by atoms with van der Waals surface area (Å²) in [6.07, 6.45) is 0. The second-order valence-corrected chi connectivity index (χ2v) is 5.98. The molecule has 0 heterocycles. The zero-order valence-electron chi connectivity index (χ0n) is 12.3. The largest absolute Gasteiger partial charge is 0.330 e. The van der Waals surface area contributed by atoms with Gasteiger partial charge < -0.3 is 5.73 Å². The van der Waals surface area contributed by atoms with Gasteiger partial charge in [-0.15, -0.1) is 0 Å². The number of aryl methyl sites for hydroxylation is 2. The first-order valence-electron chi connectivity index (χ1n) is 6.82. The Morgan fingerprint density at radius 3 is 2.11 bits per heavy atom. The Balaban J connectivity index is 2.38. The van der Waals surface area contributed by atoms with Gasteiger partial charge in [0.2, 0.25) is 0 Å². The molecule has 2 rings (SSSR count). The number of hydrogen-bond donors (Lipinski definition) is 1. The van der Waals surface area contributed by atoms with Gasteiger partial charge in [-0.3, -0.25) is 0 Å². The molecule has 0 amide bonds. The van der Waals surface area contributed by atoms with E-state index >= 15 is 0 Å². The Morgan fingerprint density at radius 2 is 1.58 bits per heavy atom. The standard InChI is InChI=1S/C18H23N/c1-13-5-10-17(14(2)11-13)15-6-8-16(9-7-15)18(3,4)12-19/h5-11H,12,19H2,1-4H3. The van der Waals surface area contributed by atoms with E-state index in [1.807, 2.05) is 0 Å². The van der Waals surface area contributed by atoms with Crippen molar-refractivity contribution in [2.75, 3.05) is 6.54 Å². The molecule has 0 saturated heterocycles. The minimum Gasteiger partial charge on any atom is -0.330 e. The lowest BCUT2D eigenvalue weighted by Crippen LogP contribution is -2.27. The van der Waals surface area contributed by atoms with Crippen LogP contribution in [0.25, 0.3) is 11.1 Å². The van der Waals surface area contributed by atoms with Gasteiger partial charge in [0, 0.05) is 12.0 Å². The molecule has 0 radical (unpaired) electrons. The van der Waals surface area contributed by atoms with Crippen molar-refractivity contribution in [1.29, 1.82) is 0 Å². The van der Waals surface area contributed by atoms with E-state index < -0.39 is 0 Å². The van der Waals surface area contributed by atoms with Crippen LogP contribution < -0.4 is 5.73 Å². The number of nitrogens with two attached hydrogens (primary N) is 1. The average molecular weight is 253 g/mol. The van der Waals surface area contributed by atoms with Gasteiger partial charge in [0.15, 0.2) is 0 Å². The molecular formula is C18H23N. The molecular weight excluding hydrogens is 230 g/mol. The predicted octanol–water partition coefficient (Wildman–Crippen LogP) is 4.21. The van der Waals surface area contributed by atoms with E-state index in [4.69, 9.17) is 5.73 Å². The van der Waals surface area contributed by atoms with Gasteiger partial charge in [-0.05, 0) is 36.1 Å². The lowest BCUT2D eigenvalue weighted by Gasteiger charge is -2.23. The maximum atomic E-state index is 5.83. The first-order valence-corrected chi connectivity index (χ1v) is 6.82. The molecule has 0 saturated carbocycles. The van der Waals surface area contributed by atoms with Gasteiger partial charge in [-0.25, -0.2) is 0 Å². The van der Waals surface area contributed by atoms with Crippen LogP contribution in [0, 0.1) is 13.8 Å². The van der Waals surface area contributed by atoms with Gasteiger partial charge in [0.25, 0.3) is 0 Å². The van der Waals surface area contributed by atoms with Gasteiger partial charge in [-0.1, -0.05) is 61.9 Å². The molecule has 0 bridgehead atoms. The molecule has 100 valence electrons. The average Bonchev–Trinajstić information content (AvgIpc) is 2.39. The van der Waals surface area contributed by atoms with Gasteiger partial charge >= 0.3 is 0 Å². The first-order chi connectivity index (χ1) is 8.94. The summed E-state index contributed by atoms with van der Waals surface area (Å²) in [5, 5.41) is 0. The highest BCUT2D eigenvalue weighted by atomic mass is 14.6. The molecule has 2 aromatic rings. The molecule has 0 unspecified atom stereocenters. The molecule has 0 aliphatic rings. The van der Waals surface area contributed by atoms with Crippen molar-refractivity contribution < 1.29 is 0 Å². The first kappa shape index (κ1) is 13.8. The van der Waals surface area contributed by atoms with Crippen molar-refractivity contribution in [1.82, 2.24) is 0 Å². The van der Waals surface area contributed by atoms with Gasteiger partial charge in [0.05, 0.1) is 0 Å². The van der Waals surface area contributed by atoms with Crippen LogP contribution in [0.5, 0.6) is 0 Å². The van der Waals surface area contributed by atoms with E-state index in [1.165, 1.54) is 27.8 Å². The topological polar surface area (TPSA) is 26.0 Å². The molecule has 0 atom stereocenters. The van der Waals surface area contributed by atoms with Crippen LogP contribution in [0.3, 0.4) is 0 Å². The summed E-state index contributed by atoms with van der Waals surface area (Å²) >= 11 is 0. The lowest BCUT2D eigenvalue weighted by molar-refractivity contribution is 0.539. The van der Waals surface area contributed by atoms with Crippen molar-refractivity contribution in [3.63, 3.8) is 0 Å². The Labute approximate surface area is 116 Å². The summed E-state index contributed by atoms with van der Waals surface area (Å²) in [6.45, 7) is 9.32. The molecule has 0 aromatic heterocycles. The molecule has 0 spiro atoms. The maximum Gasteiger partial charge on any atom is 0.00190 e. The van der Waals surface area contributed by atoms with Crippen LogP contribution >= 0.6 is 0 Å². The number of benzene rings is 2. The molecule has 2 N–H and O–H groups in total. The minimum absolute atomic E-state index is 0.0425. The summed E-state index contributed by atoms with van der Waals surface area (Å²) in [5.74, 6) is 0. The molecule has 2 aromatic carbocycles. The van der Waals surface area contributed by atoms with Gasteiger partial charge in [0.1, 0.15) is 0 Å². The Kier molecular flexibility index (Phi) is 3.77. The third-order valence-electron chi connectivity index (χ3n) is 3.87. The Hall–Kier alpha value is -1.60.